The molecule has 0 unspecified atom stereocenters. The van der Waals surface area contributed by atoms with E-state index in [4.69, 9.17) is 0 Å². The summed E-state index contributed by atoms with van der Waals surface area (Å²) in [5, 5.41) is 3.42. The van der Waals surface area contributed by atoms with Crippen LogP contribution in [0.25, 0.3) is 22.2 Å². The van der Waals surface area contributed by atoms with Crippen molar-refractivity contribution in [3.63, 3.8) is 0 Å². The number of anilines is 1. The number of hydrogen-bond donors (Lipinski definition) is 1. The smallest absolute Gasteiger partial charge is 0.406 e. The largest absolute Gasteiger partial charge is 0.573 e. The molecule has 0 spiro atoms. The Labute approximate surface area is 174 Å². The second kappa shape index (κ2) is 8.06. The molecule has 0 saturated carbocycles. The average Bonchev–Trinajstić information content (AvgIpc) is 2.72. The third-order valence-electron chi connectivity index (χ3n) is 4.42. The molecule has 1 heterocycles. The number of nitrogens with one attached hydrogen (secondary N) is 1. The molecule has 0 radical (unpaired) electrons. The van der Waals surface area contributed by atoms with Gasteiger partial charge in [0.25, 0.3) is 5.91 Å². The fraction of sp³-hybridized carbons (Fsp3) is 0.0435. The van der Waals surface area contributed by atoms with Gasteiger partial charge in [-0.25, -0.2) is 9.37 Å². The Morgan fingerprint density at radius 3 is 2.45 bits per heavy atom. The molecular weight excluding hydrogens is 412 g/mol. The van der Waals surface area contributed by atoms with E-state index in [1.807, 2.05) is 0 Å². The fourth-order valence-corrected chi connectivity index (χ4v) is 3.09. The van der Waals surface area contributed by atoms with E-state index in [2.05, 4.69) is 15.0 Å². The zero-order valence-corrected chi connectivity index (χ0v) is 15.8. The van der Waals surface area contributed by atoms with Crippen LogP contribution in [0.15, 0.2) is 78.9 Å². The molecule has 4 aromatic rings. The summed E-state index contributed by atoms with van der Waals surface area (Å²) in [7, 11) is 0. The van der Waals surface area contributed by atoms with Crippen LogP contribution < -0.4 is 10.1 Å². The Morgan fingerprint density at radius 2 is 1.68 bits per heavy atom. The number of amides is 1. The van der Waals surface area contributed by atoms with Crippen LogP contribution in [0.4, 0.5) is 23.2 Å². The van der Waals surface area contributed by atoms with Crippen molar-refractivity contribution in [3.05, 3.63) is 90.2 Å². The minimum Gasteiger partial charge on any atom is -0.406 e. The van der Waals surface area contributed by atoms with E-state index < -0.39 is 18.1 Å². The fourth-order valence-electron chi connectivity index (χ4n) is 3.09. The summed E-state index contributed by atoms with van der Waals surface area (Å²) in [5.74, 6) is -1.41. The van der Waals surface area contributed by atoms with Gasteiger partial charge in [-0.05, 0) is 42.5 Å². The molecule has 0 saturated heterocycles. The maximum atomic E-state index is 13.4. The van der Waals surface area contributed by atoms with Crippen LogP contribution in [0, 0.1) is 5.82 Å². The Bertz CT molecular complexity index is 1270. The van der Waals surface area contributed by atoms with Crippen LogP contribution in [-0.2, 0) is 0 Å². The van der Waals surface area contributed by atoms with E-state index in [1.165, 1.54) is 36.4 Å². The van der Waals surface area contributed by atoms with E-state index >= 15 is 0 Å². The Hall–Kier alpha value is -3.94. The number of pyridine rings is 1. The molecule has 4 rings (SSSR count). The predicted octanol–water partition coefficient (Wildman–Crippen LogP) is 6.19. The minimum atomic E-state index is -4.80. The topological polar surface area (TPSA) is 51.2 Å². The molecule has 31 heavy (non-hydrogen) atoms. The molecule has 8 heteroatoms. The number of fused-ring (bicyclic) bond motifs is 1. The van der Waals surface area contributed by atoms with Crippen molar-refractivity contribution in [1.29, 1.82) is 0 Å². The normalized spacial score (nSPS) is 11.4. The van der Waals surface area contributed by atoms with Crippen LogP contribution in [0.2, 0.25) is 0 Å². The molecule has 0 bridgehead atoms. The number of benzene rings is 3. The monoisotopic (exact) mass is 426 g/mol. The van der Waals surface area contributed by atoms with Gasteiger partial charge in [0.2, 0.25) is 0 Å². The first kappa shape index (κ1) is 20.3. The second-order valence-electron chi connectivity index (χ2n) is 6.61. The summed E-state index contributed by atoms with van der Waals surface area (Å²) < 4.78 is 55.0. The maximum absolute atomic E-state index is 13.4. The lowest BCUT2D eigenvalue weighted by Gasteiger charge is -2.12. The van der Waals surface area contributed by atoms with Crippen molar-refractivity contribution >= 4 is 22.5 Å². The summed E-state index contributed by atoms with van der Waals surface area (Å²) in [6.07, 6.45) is -4.80. The van der Waals surface area contributed by atoms with Crippen molar-refractivity contribution in [2.45, 2.75) is 6.36 Å². The third kappa shape index (κ3) is 4.80. The first-order chi connectivity index (χ1) is 14.8. The van der Waals surface area contributed by atoms with Gasteiger partial charge in [-0.1, -0.05) is 36.4 Å². The highest BCUT2D eigenvalue weighted by Gasteiger charge is 2.31. The standard InChI is InChI=1S/C23H14F4N2O2/c24-17-7-1-6-16(12-17)22(30)29-20-9-3-4-14-10-11-19(28-21(14)20)15-5-2-8-18(13-15)31-23(25,26)27/h1-13H,(H,29,30). The zero-order valence-electron chi connectivity index (χ0n) is 15.8. The lowest BCUT2D eigenvalue weighted by atomic mass is 10.1. The zero-order chi connectivity index (χ0) is 22.0. The van der Waals surface area contributed by atoms with Crippen molar-refractivity contribution in [2.75, 3.05) is 5.32 Å². The Morgan fingerprint density at radius 1 is 0.903 bits per heavy atom. The number of aromatic nitrogens is 1. The Balaban J connectivity index is 1.69. The van der Waals surface area contributed by atoms with Crippen LogP contribution in [0.5, 0.6) is 5.75 Å². The summed E-state index contributed by atoms with van der Waals surface area (Å²) in [6.45, 7) is 0. The molecule has 0 fully saturated rings. The van der Waals surface area contributed by atoms with E-state index in [9.17, 15) is 22.4 Å². The molecule has 1 N–H and O–H groups in total. The van der Waals surface area contributed by atoms with Crippen LogP contribution >= 0.6 is 0 Å². The molecular formula is C23H14F4N2O2. The lowest BCUT2D eigenvalue weighted by molar-refractivity contribution is -0.274. The van der Waals surface area contributed by atoms with Gasteiger partial charge in [0, 0.05) is 16.5 Å². The highest BCUT2D eigenvalue weighted by atomic mass is 19.4. The maximum Gasteiger partial charge on any atom is 0.573 e. The number of carbonyl (C=O) groups is 1. The van der Waals surface area contributed by atoms with Gasteiger partial charge >= 0.3 is 6.36 Å². The highest BCUT2D eigenvalue weighted by Crippen LogP contribution is 2.30. The number of hydrogen-bond acceptors (Lipinski definition) is 3. The molecule has 156 valence electrons. The highest BCUT2D eigenvalue weighted by molar-refractivity contribution is 6.08. The number of nitrogens with zero attached hydrogens (tertiary/aromatic N) is 1. The number of rotatable bonds is 4. The van der Waals surface area contributed by atoms with E-state index in [0.29, 0.717) is 27.8 Å². The van der Waals surface area contributed by atoms with Gasteiger partial charge in [0.15, 0.2) is 0 Å². The number of para-hydroxylation sites is 1. The molecule has 1 amide bonds. The molecule has 1 aromatic heterocycles. The predicted molar refractivity (Wildman–Crippen MR) is 108 cm³/mol. The number of halogens is 4. The lowest BCUT2D eigenvalue weighted by Crippen LogP contribution is -2.17. The van der Waals surface area contributed by atoms with Gasteiger partial charge in [-0.15, -0.1) is 13.2 Å². The van der Waals surface area contributed by atoms with Crippen LogP contribution in [0.1, 0.15) is 10.4 Å². The molecule has 0 atom stereocenters. The first-order valence-corrected chi connectivity index (χ1v) is 9.11. The number of ether oxygens (including phenoxy) is 1. The van der Waals surface area contributed by atoms with Gasteiger partial charge in [-0.3, -0.25) is 4.79 Å². The average molecular weight is 426 g/mol. The van der Waals surface area contributed by atoms with E-state index in [1.54, 1.807) is 36.4 Å². The van der Waals surface area contributed by atoms with E-state index in [-0.39, 0.29) is 11.3 Å². The van der Waals surface area contributed by atoms with Crippen molar-refractivity contribution < 1.29 is 27.1 Å². The minimum absolute atomic E-state index is 0.144. The van der Waals surface area contributed by atoms with E-state index in [0.717, 1.165) is 6.07 Å². The van der Waals surface area contributed by atoms with Gasteiger partial charge in [0.05, 0.1) is 16.9 Å². The summed E-state index contributed by atoms with van der Waals surface area (Å²) in [6, 6.07) is 19.3. The summed E-state index contributed by atoms with van der Waals surface area (Å²) >= 11 is 0. The van der Waals surface area contributed by atoms with Crippen LogP contribution in [0.3, 0.4) is 0 Å². The van der Waals surface area contributed by atoms with Crippen molar-refractivity contribution in [2.24, 2.45) is 0 Å². The number of alkyl halides is 3. The molecule has 4 nitrogen and oxygen atoms in total. The molecule has 0 aliphatic rings. The summed E-state index contributed by atoms with van der Waals surface area (Å²) in [4.78, 5) is 17.0. The third-order valence-corrected chi connectivity index (χ3v) is 4.42. The van der Waals surface area contributed by atoms with Crippen molar-refractivity contribution in [3.8, 4) is 17.0 Å². The van der Waals surface area contributed by atoms with Gasteiger partial charge < -0.3 is 10.1 Å². The first-order valence-electron chi connectivity index (χ1n) is 9.11. The molecule has 3 aromatic carbocycles. The van der Waals surface area contributed by atoms with Crippen molar-refractivity contribution in [1.82, 2.24) is 4.98 Å². The number of carbonyl (C=O) groups excluding carboxylic acids is 1. The second-order valence-corrected chi connectivity index (χ2v) is 6.61. The SMILES string of the molecule is O=C(Nc1cccc2ccc(-c3cccc(OC(F)(F)F)c3)nc12)c1cccc(F)c1. The molecule has 0 aliphatic carbocycles. The quantitative estimate of drug-likeness (QED) is 0.396. The van der Waals surface area contributed by atoms with Gasteiger partial charge in [-0.2, -0.15) is 0 Å². The Kier molecular flexibility index (Phi) is 5.29. The van der Waals surface area contributed by atoms with Crippen LogP contribution in [-0.4, -0.2) is 17.3 Å². The van der Waals surface area contributed by atoms with Gasteiger partial charge in [0.1, 0.15) is 11.6 Å². The molecule has 0 aliphatic heterocycles. The summed E-state index contributed by atoms with van der Waals surface area (Å²) in [5.41, 5.74) is 1.77.